The van der Waals surface area contributed by atoms with Crippen molar-refractivity contribution in [2.45, 2.75) is 23.9 Å². The van der Waals surface area contributed by atoms with E-state index in [1.165, 1.54) is 17.5 Å². The number of hydrogen-bond donors (Lipinski definition) is 0. The molecular formula is C19H19NO4S. The lowest BCUT2D eigenvalue weighted by Gasteiger charge is -2.07. The molecule has 0 N–H and O–H groups in total. The third-order valence-electron chi connectivity index (χ3n) is 4.17. The number of hydrogen-bond acceptors (Lipinski definition) is 4. The van der Waals surface area contributed by atoms with Crippen molar-refractivity contribution in [3.63, 3.8) is 0 Å². The van der Waals surface area contributed by atoms with Crippen molar-refractivity contribution in [2.24, 2.45) is 0 Å². The molecule has 0 saturated carbocycles. The van der Waals surface area contributed by atoms with Crippen LogP contribution < -0.4 is 0 Å². The summed E-state index contributed by atoms with van der Waals surface area (Å²) in [7, 11) is -2.37. The number of esters is 1. The van der Waals surface area contributed by atoms with Crippen LogP contribution in [0.25, 0.3) is 0 Å². The van der Waals surface area contributed by atoms with Crippen LogP contribution in [0, 0.1) is 6.92 Å². The molecule has 5 nitrogen and oxygen atoms in total. The molecule has 0 amide bonds. The first-order valence-electron chi connectivity index (χ1n) is 7.86. The number of aryl methyl sites for hydroxylation is 1. The Morgan fingerprint density at radius 3 is 2.32 bits per heavy atom. The number of carbonyl (C=O) groups is 1. The molecule has 130 valence electrons. The minimum atomic E-state index is -3.65. The van der Waals surface area contributed by atoms with Crippen LogP contribution in [0.2, 0.25) is 0 Å². The SMILES string of the molecule is COC(=O)/C=C/C1C(c2ccccc2)N1S(=O)(=O)c1ccc(C)cc1. The lowest BCUT2D eigenvalue weighted by atomic mass is 10.1. The fourth-order valence-corrected chi connectivity index (χ4v) is 4.52. The Kier molecular flexibility index (Phi) is 4.74. The molecule has 6 heteroatoms. The second-order valence-corrected chi connectivity index (χ2v) is 7.72. The van der Waals surface area contributed by atoms with Gasteiger partial charge >= 0.3 is 5.97 Å². The quantitative estimate of drug-likeness (QED) is 0.469. The Morgan fingerprint density at radius 2 is 1.72 bits per heavy atom. The number of ether oxygens (including phenoxy) is 1. The van der Waals surface area contributed by atoms with Crippen LogP contribution in [0.5, 0.6) is 0 Å². The first-order chi connectivity index (χ1) is 11.9. The molecule has 1 aliphatic heterocycles. The van der Waals surface area contributed by atoms with Gasteiger partial charge < -0.3 is 4.74 Å². The summed E-state index contributed by atoms with van der Waals surface area (Å²) in [6.07, 6.45) is 2.85. The van der Waals surface area contributed by atoms with Gasteiger partial charge in [0.1, 0.15) is 0 Å². The summed E-state index contributed by atoms with van der Waals surface area (Å²) in [6, 6.07) is 15.4. The number of carbonyl (C=O) groups excluding carboxylic acids is 1. The summed E-state index contributed by atoms with van der Waals surface area (Å²) in [5.41, 5.74) is 1.88. The van der Waals surface area contributed by atoms with Crippen LogP contribution in [-0.2, 0) is 19.6 Å². The third kappa shape index (κ3) is 3.50. The van der Waals surface area contributed by atoms with Crippen molar-refractivity contribution < 1.29 is 17.9 Å². The third-order valence-corrected chi connectivity index (χ3v) is 6.06. The highest BCUT2D eigenvalue weighted by Crippen LogP contribution is 2.48. The van der Waals surface area contributed by atoms with E-state index in [2.05, 4.69) is 4.74 Å². The predicted molar refractivity (Wildman–Crippen MR) is 94.3 cm³/mol. The Morgan fingerprint density at radius 1 is 1.08 bits per heavy atom. The Bertz CT molecular complexity index is 889. The van der Waals surface area contributed by atoms with E-state index in [4.69, 9.17) is 0 Å². The molecule has 1 fully saturated rings. The number of nitrogens with zero attached hydrogens (tertiary/aromatic N) is 1. The minimum Gasteiger partial charge on any atom is -0.466 e. The van der Waals surface area contributed by atoms with E-state index in [0.717, 1.165) is 11.1 Å². The van der Waals surface area contributed by atoms with E-state index in [9.17, 15) is 13.2 Å². The molecule has 3 atom stereocenters. The van der Waals surface area contributed by atoms with Crippen LogP contribution in [-0.4, -0.2) is 31.8 Å². The van der Waals surface area contributed by atoms with E-state index < -0.39 is 22.0 Å². The second-order valence-electron chi connectivity index (χ2n) is 5.88. The fourth-order valence-electron chi connectivity index (χ4n) is 2.80. The van der Waals surface area contributed by atoms with Gasteiger partial charge in [0.25, 0.3) is 0 Å². The van der Waals surface area contributed by atoms with Crippen molar-refractivity contribution in [1.29, 1.82) is 0 Å². The maximum atomic E-state index is 13.0. The van der Waals surface area contributed by atoms with E-state index in [1.54, 1.807) is 30.3 Å². The van der Waals surface area contributed by atoms with E-state index in [1.807, 2.05) is 37.3 Å². The molecule has 2 aromatic rings. The molecule has 0 radical (unpaired) electrons. The number of methoxy groups -OCH3 is 1. The standard InChI is InChI=1S/C19H19NO4S/c1-14-8-10-16(11-9-14)25(22,23)20-17(12-13-18(21)24-2)19(20)15-6-4-3-5-7-15/h3-13,17,19H,1-2H3/b13-12+. The highest BCUT2D eigenvalue weighted by molar-refractivity contribution is 7.89. The smallest absolute Gasteiger partial charge is 0.330 e. The maximum absolute atomic E-state index is 13.0. The largest absolute Gasteiger partial charge is 0.466 e. The average molecular weight is 357 g/mol. The number of rotatable bonds is 5. The normalized spacial score (nSPS) is 22.7. The molecule has 0 aliphatic carbocycles. The van der Waals surface area contributed by atoms with Gasteiger partial charge in [-0.05, 0) is 24.6 Å². The van der Waals surface area contributed by atoms with E-state index in [0.29, 0.717) is 0 Å². The Hall–Kier alpha value is -2.44. The highest BCUT2D eigenvalue weighted by atomic mass is 32.2. The monoisotopic (exact) mass is 357 g/mol. The Labute approximate surface area is 147 Å². The lowest BCUT2D eigenvalue weighted by molar-refractivity contribution is -0.134. The molecule has 0 aromatic heterocycles. The van der Waals surface area contributed by atoms with Gasteiger partial charge in [0.15, 0.2) is 0 Å². The minimum absolute atomic E-state index is 0.244. The van der Waals surface area contributed by atoms with Crippen molar-refractivity contribution in [3.8, 4) is 0 Å². The summed E-state index contributed by atoms with van der Waals surface area (Å²) in [4.78, 5) is 11.6. The summed E-state index contributed by atoms with van der Waals surface area (Å²) < 4.78 is 32.0. The molecule has 3 rings (SSSR count). The highest BCUT2D eigenvalue weighted by Gasteiger charge is 2.54. The van der Waals surface area contributed by atoms with Gasteiger partial charge in [-0.3, -0.25) is 0 Å². The van der Waals surface area contributed by atoms with Crippen molar-refractivity contribution in [1.82, 2.24) is 4.31 Å². The van der Waals surface area contributed by atoms with Crippen molar-refractivity contribution in [3.05, 3.63) is 77.9 Å². The summed E-state index contributed by atoms with van der Waals surface area (Å²) in [5, 5.41) is 0. The topological polar surface area (TPSA) is 63.5 Å². The number of benzene rings is 2. The van der Waals surface area contributed by atoms with Gasteiger partial charge in [-0.15, -0.1) is 0 Å². The predicted octanol–water partition coefficient (Wildman–Crippen LogP) is 2.84. The molecule has 1 saturated heterocycles. The van der Waals surface area contributed by atoms with Gasteiger partial charge in [0.05, 0.1) is 24.1 Å². The zero-order valence-corrected chi connectivity index (χ0v) is 14.8. The molecule has 0 bridgehead atoms. The van der Waals surface area contributed by atoms with Crippen LogP contribution in [0.3, 0.4) is 0 Å². The van der Waals surface area contributed by atoms with Crippen molar-refractivity contribution >= 4 is 16.0 Å². The van der Waals surface area contributed by atoms with Crippen LogP contribution in [0.4, 0.5) is 0 Å². The zero-order chi connectivity index (χ0) is 18.0. The van der Waals surface area contributed by atoms with Crippen LogP contribution >= 0.6 is 0 Å². The maximum Gasteiger partial charge on any atom is 0.330 e. The molecule has 3 unspecified atom stereocenters. The average Bonchev–Trinajstić information content (AvgIpc) is 3.36. The lowest BCUT2D eigenvalue weighted by Crippen LogP contribution is -2.14. The van der Waals surface area contributed by atoms with Gasteiger partial charge in [0.2, 0.25) is 10.0 Å². The summed E-state index contributed by atoms with van der Waals surface area (Å²) in [6.45, 7) is 1.91. The summed E-state index contributed by atoms with van der Waals surface area (Å²) in [5.74, 6) is -0.508. The molecular weight excluding hydrogens is 338 g/mol. The van der Waals surface area contributed by atoms with Gasteiger partial charge in [-0.1, -0.05) is 54.1 Å². The van der Waals surface area contributed by atoms with Crippen molar-refractivity contribution in [2.75, 3.05) is 7.11 Å². The zero-order valence-electron chi connectivity index (χ0n) is 14.0. The molecule has 1 aliphatic rings. The van der Waals surface area contributed by atoms with Gasteiger partial charge in [-0.25, -0.2) is 13.2 Å². The van der Waals surface area contributed by atoms with Gasteiger partial charge in [-0.2, -0.15) is 4.31 Å². The summed E-state index contributed by atoms with van der Waals surface area (Å²) >= 11 is 0. The first-order valence-corrected chi connectivity index (χ1v) is 9.30. The van der Waals surface area contributed by atoms with Crippen LogP contribution in [0.15, 0.2) is 71.6 Å². The second kappa shape index (κ2) is 6.82. The number of sulfonamides is 1. The Balaban J connectivity index is 1.95. The van der Waals surface area contributed by atoms with E-state index >= 15 is 0 Å². The molecule has 25 heavy (non-hydrogen) atoms. The molecule has 0 spiro atoms. The first kappa shape index (κ1) is 17.4. The van der Waals surface area contributed by atoms with Gasteiger partial charge in [0, 0.05) is 6.08 Å². The molecule has 2 aromatic carbocycles. The van der Waals surface area contributed by atoms with E-state index in [-0.39, 0.29) is 10.9 Å². The molecule has 1 heterocycles. The van der Waals surface area contributed by atoms with Crippen LogP contribution in [0.1, 0.15) is 17.2 Å². The fraction of sp³-hybridized carbons (Fsp3) is 0.211.